The Balaban J connectivity index is 1.49. The maximum absolute atomic E-state index is 6.00. The third kappa shape index (κ3) is 5.58. The molecule has 1 aliphatic rings. The van der Waals surface area contributed by atoms with Crippen LogP contribution in [0, 0.1) is 11.8 Å². The van der Waals surface area contributed by atoms with Crippen LogP contribution in [0.2, 0.25) is 0 Å². The molecule has 1 aromatic heterocycles. The summed E-state index contributed by atoms with van der Waals surface area (Å²) in [6.07, 6.45) is 12.8. The Bertz CT molecular complexity index is 646. The molecule has 0 radical (unpaired) electrons. The first kappa shape index (κ1) is 18.0. The first-order chi connectivity index (χ1) is 12.2. The number of rotatable bonds is 8. The molecule has 136 valence electrons. The minimum Gasteiger partial charge on any atom is -0.487 e. The molecular weight excluding hydrogens is 310 g/mol. The van der Waals surface area contributed by atoms with Crippen molar-refractivity contribution in [2.24, 2.45) is 18.9 Å². The van der Waals surface area contributed by atoms with E-state index >= 15 is 0 Å². The highest BCUT2D eigenvalue weighted by atomic mass is 16.5. The Morgan fingerprint density at radius 3 is 2.76 bits per heavy atom. The van der Waals surface area contributed by atoms with Crippen LogP contribution in [0.15, 0.2) is 30.5 Å². The van der Waals surface area contributed by atoms with Gasteiger partial charge in [0, 0.05) is 7.05 Å². The van der Waals surface area contributed by atoms with E-state index in [0.717, 1.165) is 29.7 Å². The van der Waals surface area contributed by atoms with E-state index in [-0.39, 0.29) is 0 Å². The van der Waals surface area contributed by atoms with E-state index in [2.05, 4.69) is 35.4 Å². The molecule has 1 atom stereocenters. The zero-order valence-electron chi connectivity index (χ0n) is 15.7. The fraction of sp³-hybridized carbons (Fsp3) is 0.619. The van der Waals surface area contributed by atoms with E-state index in [0.29, 0.717) is 6.61 Å². The summed E-state index contributed by atoms with van der Waals surface area (Å²) in [5, 5.41) is 8.04. The summed E-state index contributed by atoms with van der Waals surface area (Å²) in [7, 11) is 1.87. The number of hydrogen-bond donors (Lipinski definition) is 0. The SMILES string of the molecule is CC(CCc1ccccc1OCc1cn(C)nn1)CC1CCCCC1. The van der Waals surface area contributed by atoms with Crippen LogP contribution in [0.1, 0.15) is 63.1 Å². The maximum Gasteiger partial charge on any atom is 0.134 e. The number of benzene rings is 1. The fourth-order valence-corrected chi connectivity index (χ4v) is 3.98. The summed E-state index contributed by atoms with van der Waals surface area (Å²) in [6, 6.07) is 8.41. The van der Waals surface area contributed by atoms with Gasteiger partial charge in [0.15, 0.2) is 0 Å². The second-order valence-electron chi connectivity index (χ2n) is 7.66. The molecule has 1 aromatic carbocycles. The third-order valence-corrected chi connectivity index (χ3v) is 5.37. The predicted molar refractivity (Wildman–Crippen MR) is 100 cm³/mol. The maximum atomic E-state index is 6.00. The number of nitrogens with zero attached hydrogens (tertiary/aromatic N) is 3. The van der Waals surface area contributed by atoms with Crippen LogP contribution < -0.4 is 4.74 Å². The van der Waals surface area contributed by atoms with Crippen molar-refractivity contribution < 1.29 is 4.74 Å². The lowest BCUT2D eigenvalue weighted by atomic mass is 9.82. The van der Waals surface area contributed by atoms with E-state index in [1.54, 1.807) is 4.68 Å². The highest BCUT2D eigenvalue weighted by molar-refractivity contribution is 5.33. The zero-order chi connectivity index (χ0) is 17.5. The molecule has 1 heterocycles. The molecule has 4 nitrogen and oxygen atoms in total. The lowest BCUT2D eigenvalue weighted by Gasteiger charge is -2.24. The summed E-state index contributed by atoms with van der Waals surface area (Å²) in [5.74, 6) is 2.74. The van der Waals surface area contributed by atoms with E-state index in [1.807, 2.05) is 19.3 Å². The Morgan fingerprint density at radius 2 is 2.00 bits per heavy atom. The molecule has 0 spiro atoms. The monoisotopic (exact) mass is 341 g/mol. The van der Waals surface area contributed by atoms with Crippen molar-refractivity contribution in [3.8, 4) is 5.75 Å². The van der Waals surface area contributed by atoms with E-state index in [4.69, 9.17) is 4.74 Å². The third-order valence-electron chi connectivity index (χ3n) is 5.37. The predicted octanol–water partition coefficient (Wildman–Crippen LogP) is 4.93. The number of ether oxygens (including phenoxy) is 1. The number of hydrogen-bond acceptors (Lipinski definition) is 3. The lowest BCUT2D eigenvalue weighted by molar-refractivity contribution is 0.284. The molecule has 1 unspecified atom stereocenters. The van der Waals surface area contributed by atoms with Crippen LogP contribution in [-0.4, -0.2) is 15.0 Å². The molecular formula is C21H31N3O. The average Bonchev–Trinajstić information content (AvgIpc) is 3.05. The zero-order valence-corrected chi connectivity index (χ0v) is 15.7. The van der Waals surface area contributed by atoms with E-state index < -0.39 is 0 Å². The van der Waals surface area contributed by atoms with Crippen molar-refractivity contribution in [1.82, 2.24) is 15.0 Å². The molecule has 25 heavy (non-hydrogen) atoms. The van der Waals surface area contributed by atoms with E-state index in [1.165, 1.54) is 50.5 Å². The van der Waals surface area contributed by atoms with Crippen molar-refractivity contribution in [1.29, 1.82) is 0 Å². The van der Waals surface area contributed by atoms with Gasteiger partial charge in [-0.05, 0) is 42.7 Å². The van der Waals surface area contributed by atoms with Gasteiger partial charge in [-0.1, -0.05) is 62.4 Å². The van der Waals surface area contributed by atoms with Gasteiger partial charge in [-0.15, -0.1) is 5.10 Å². The average molecular weight is 341 g/mol. The Morgan fingerprint density at radius 1 is 1.20 bits per heavy atom. The second-order valence-corrected chi connectivity index (χ2v) is 7.66. The smallest absolute Gasteiger partial charge is 0.134 e. The highest BCUT2D eigenvalue weighted by Crippen LogP contribution is 2.31. The summed E-state index contributed by atoms with van der Waals surface area (Å²) < 4.78 is 7.71. The van der Waals surface area contributed by atoms with Crippen molar-refractivity contribution >= 4 is 0 Å². The highest BCUT2D eigenvalue weighted by Gasteiger charge is 2.17. The molecule has 1 fully saturated rings. The van der Waals surface area contributed by atoms with Gasteiger partial charge in [-0.2, -0.15) is 0 Å². The molecule has 0 bridgehead atoms. The van der Waals surface area contributed by atoms with Gasteiger partial charge in [0.25, 0.3) is 0 Å². The minimum atomic E-state index is 0.475. The molecule has 1 aliphatic carbocycles. The van der Waals surface area contributed by atoms with Crippen molar-refractivity contribution in [3.63, 3.8) is 0 Å². The van der Waals surface area contributed by atoms with Crippen molar-refractivity contribution in [2.75, 3.05) is 0 Å². The van der Waals surface area contributed by atoms with Crippen LogP contribution in [0.5, 0.6) is 5.75 Å². The molecule has 0 N–H and O–H groups in total. The van der Waals surface area contributed by atoms with Crippen molar-refractivity contribution in [2.45, 2.75) is 64.9 Å². The molecule has 0 amide bonds. The summed E-state index contributed by atoms with van der Waals surface area (Å²) in [5.41, 5.74) is 2.17. The molecule has 4 heteroatoms. The Labute approximate surface area is 151 Å². The van der Waals surface area contributed by atoms with Crippen LogP contribution in [-0.2, 0) is 20.1 Å². The first-order valence-electron chi connectivity index (χ1n) is 9.76. The van der Waals surface area contributed by atoms with Gasteiger partial charge in [0.2, 0.25) is 0 Å². The summed E-state index contributed by atoms with van der Waals surface area (Å²) >= 11 is 0. The fourth-order valence-electron chi connectivity index (χ4n) is 3.98. The van der Waals surface area contributed by atoms with Gasteiger partial charge in [0.05, 0.1) is 6.20 Å². The topological polar surface area (TPSA) is 39.9 Å². The number of aryl methyl sites for hydroxylation is 2. The van der Waals surface area contributed by atoms with Crippen LogP contribution in [0.25, 0.3) is 0 Å². The van der Waals surface area contributed by atoms with Gasteiger partial charge in [-0.3, -0.25) is 4.68 Å². The van der Waals surface area contributed by atoms with Gasteiger partial charge < -0.3 is 4.74 Å². The number of aromatic nitrogens is 3. The normalized spacial score (nSPS) is 16.7. The lowest BCUT2D eigenvalue weighted by Crippen LogP contribution is -2.11. The standard InChI is InChI=1S/C21H31N3O/c1-17(14-18-8-4-3-5-9-18)12-13-19-10-6-7-11-21(19)25-16-20-15-24(2)23-22-20/h6-7,10-11,15,17-18H,3-5,8-9,12-14,16H2,1-2H3. The molecule has 2 aromatic rings. The summed E-state index contributed by atoms with van der Waals surface area (Å²) in [6.45, 7) is 2.89. The Hall–Kier alpha value is -1.84. The quantitative estimate of drug-likeness (QED) is 0.683. The van der Waals surface area contributed by atoms with Gasteiger partial charge in [-0.25, -0.2) is 0 Å². The van der Waals surface area contributed by atoms with Gasteiger partial charge in [0.1, 0.15) is 18.1 Å². The molecule has 1 saturated carbocycles. The number of para-hydroxylation sites is 1. The molecule has 3 rings (SSSR count). The Kier molecular flexibility index (Phi) is 6.48. The largest absolute Gasteiger partial charge is 0.487 e. The summed E-state index contributed by atoms with van der Waals surface area (Å²) in [4.78, 5) is 0. The van der Waals surface area contributed by atoms with Crippen molar-refractivity contribution in [3.05, 3.63) is 41.7 Å². The molecule has 0 saturated heterocycles. The second kappa shape index (κ2) is 9.02. The van der Waals surface area contributed by atoms with Crippen LogP contribution in [0.3, 0.4) is 0 Å². The first-order valence-corrected chi connectivity index (χ1v) is 9.76. The minimum absolute atomic E-state index is 0.475. The van der Waals surface area contributed by atoms with Gasteiger partial charge >= 0.3 is 0 Å². The molecule has 0 aliphatic heterocycles. The van der Waals surface area contributed by atoms with Crippen LogP contribution in [0.4, 0.5) is 0 Å². The van der Waals surface area contributed by atoms with Crippen LogP contribution >= 0.6 is 0 Å². The van der Waals surface area contributed by atoms with E-state index in [9.17, 15) is 0 Å².